The van der Waals surface area contributed by atoms with Gasteiger partial charge in [-0.15, -0.1) is 0 Å². The number of ether oxygens (including phenoxy) is 1. The second-order valence-electron chi connectivity index (χ2n) is 7.18. The molecule has 1 aliphatic rings. The summed E-state index contributed by atoms with van der Waals surface area (Å²) in [7, 11) is -3.73. The third-order valence-electron chi connectivity index (χ3n) is 4.72. The normalized spacial score (nSPS) is 22.2. The van der Waals surface area contributed by atoms with E-state index in [4.69, 9.17) is 14.9 Å². The number of aryl methyl sites for hydroxylation is 1. The lowest BCUT2D eigenvalue weighted by atomic mass is 10.2. The van der Waals surface area contributed by atoms with Gasteiger partial charge in [0.2, 0.25) is 10.0 Å². The zero-order valence-electron chi connectivity index (χ0n) is 15.7. The molecule has 0 unspecified atom stereocenters. The smallest absolute Gasteiger partial charge is 0.238 e. The molecule has 0 radical (unpaired) electrons. The molecule has 26 heavy (non-hydrogen) atoms. The van der Waals surface area contributed by atoms with Crippen LogP contribution in [0, 0.1) is 0 Å². The number of rotatable bonds is 6. The summed E-state index contributed by atoms with van der Waals surface area (Å²) in [6.07, 6.45) is 2.52. The number of fused-ring (bicyclic) bond motifs is 1. The van der Waals surface area contributed by atoms with Crippen LogP contribution in [0.3, 0.4) is 0 Å². The van der Waals surface area contributed by atoms with Gasteiger partial charge in [-0.2, -0.15) is 0 Å². The van der Waals surface area contributed by atoms with Crippen molar-refractivity contribution >= 4 is 21.1 Å². The van der Waals surface area contributed by atoms with Gasteiger partial charge in [0.25, 0.3) is 0 Å². The molecule has 1 saturated heterocycles. The summed E-state index contributed by atoms with van der Waals surface area (Å²) in [5, 5.41) is 5.27. The molecule has 0 amide bonds. The summed E-state index contributed by atoms with van der Waals surface area (Å²) < 4.78 is 31.3. The maximum absolute atomic E-state index is 11.7. The molecule has 2 atom stereocenters. The second kappa shape index (κ2) is 7.64. The third-order valence-corrected chi connectivity index (χ3v) is 5.63. The second-order valence-corrected chi connectivity index (χ2v) is 8.74. The molecule has 7 nitrogen and oxygen atoms in total. The summed E-state index contributed by atoms with van der Waals surface area (Å²) in [6.45, 7) is 9.65. The number of sulfonamides is 1. The first-order chi connectivity index (χ1) is 12.3. The van der Waals surface area contributed by atoms with E-state index in [1.165, 1.54) is 0 Å². The minimum atomic E-state index is -3.73. The Bertz CT molecular complexity index is 868. The van der Waals surface area contributed by atoms with Crippen molar-refractivity contribution < 1.29 is 13.2 Å². The molecule has 1 aliphatic heterocycles. The molecule has 144 valence electrons. The van der Waals surface area contributed by atoms with Crippen LogP contribution in [0.15, 0.2) is 23.1 Å². The lowest BCUT2D eigenvalue weighted by Crippen LogP contribution is -2.45. The van der Waals surface area contributed by atoms with Crippen LogP contribution >= 0.6 is 0 Å². The first-order valence-corrected chi connectivity index (χ1v) is 10.7. The Balaban J connectivity index is 1.96. The maximum atomic E-state index is 11.7. The van der Waals surface area contributed by atoms with Crippen molar-refractivity contribution in [3.8, 4) is 0 Å². The number of aromatic nitrogens is 2. The molecule has 0 saturated carbocycles. The van der Waals surface area contributed by atoms with Crippen LogP contribution in [0.5, 0.6) is 0 Å². The first-order valence-electron chi connectivity index (χ1n) is 9.17. The van der Waals surface area contributed by atoms with Crippen molar-refractivity contribution in [2.24, 2.45) is 5.14 Å². The number of hydrogen-bond donors (Lipinski definition) is 1. The Morgan fingerprint density at radius 1 is 1.27 bits per heavy atom. The molecule has 1 aromatic carbocycles. The van der Waals surface area contributed by atoms with Crippen LogP contribution in [0.1, 0.15) is 39.4 Å². The molecule has 2 heterocycles. The Hall–Kier alpha value is -1.48. The fourth-order valence-electron chi connectivity index (χ4n) is 3.64. The van der Waals surface area contributed by atoms with E-state index in [9.17, 15) is 8.42 Å². The highest BCUT2D eigenvalue weighted by Gasteiger charge is 2.24. The van der Waals surface area contributed by atoms with Crippen molar-refractivity contribution in [1.82, 2.24) is 14.5 Å². The SMILES string of the molecule is CCCCn1c(CN2C[C@H](C)O[C@@H](C)C2)nc2cc(S(N)(=O)=O)ccc21. The monoisotopic (exact) mass is 380 g/mol. The molecule has 0 bridgehead atoms. The van der Waals surface area contributed by atoms with Gasteiger partial charge in [0, 0.05) is 19.6 Å². The van der Waals surface area contributed by atoms with Crippen LogP contribution in [0.25, 0.3) is 11.0 Å². The van der Waals surface area contributed by atoms with Gasteiger partial charge in [-0.25, -0.2) is 18.5 Å². The average Bonchev–Trinajstić information content (AvgIpc) is 2.87. The lowest BCUT2D eigenvalue weighted by Gasteiger charge is -2.35. The third kappa shape index (κ3) is 4.25. The lowest BCUT2D eigenvalue weighted by molar-refractivity contribution is -0.0712. The van der Waals surface area contributed by atoms with Crippen LogP contribution in [0.2, 0.25) is 0 Å². The molecule has 1 aromatic heterocycles. The molecule has 0 spiro atoms. The summed E-state index contributed by atoms with van der Waals surface area (Å²) in [4.78, 5) is 7.20. The summed E-state index contributed by atoms with van der Waals surface area (Å²) >= 11 is 0. The van der Waals surface area contributed by atoms with E-state index in [0.29, 0.717) is 5.52 Å². The number of nitrogens with zero attached hydrogens (tertiary/aromatic N) is 3. The Kier molecular flexibility index (Phi) is 5.67. The number of primary sulfonamides is 1. The zero-order valence-corrected chi connectivity index (χ0v) is 16.5. The van der Waals surface area contributed by atoms with E-state index in [1.807, 2.05) is 6.07 Å². The van der Waals surface area contributed by atoms with Gasteiger partial charge in [-0.1, -0.05) is 13.3 Å². The Labute approximate surface area is 155 Å². The number of hydrogen-bond acceptors (Lipinski definition) is 5. The Morgan fingerprint density at radius 2 is 1.96 bits per heavy atom. The molecule has 3 rings (SSSR count). The van der Waals surface area contributed by atoms with Gasteiger partial charge in [0.15, 0.2) is 0 Å². The predicted molar refractivity (Wildman–Crippen MR) is 101 cm³/mol. The number of benzene rings is 1. The van der Waals surface area contributed by atoms with E-state index in [2.05, 4.69) is 30.2 Å². The standard InChI is InChI=1S/C18H28N4O3S/c1-4-5-8-22-17-7-6-15(26(19,23)24)9-16(17)20-18(22)12-21-10-13(2)25-14(3)11-21/h6-7,9,13-14H,4-5,8,10-12H2,1-3H3,(H2,19,23,24)/t13-,14-/m0/s1. The van der Waals surface area contributed by atoms with Gasteiger partial charge in [-0.05, 0) is 38.5 Å². The van der Waals surface area contributed by atoms with Crippen molar-refractivity contribution in [3.63, 3.8) is 0 Å². The van der Waals surface area contributed by atoms with Gasteiger partial charge >= 0.3 is 0 Å². The van der Waals surface area contributed by atoms with E-state index in [-0.39, 0.29) is 17.1 Å². The zero-order chi connectivity index (χ0) is 18.9. The van der Waals surface area contributed by atoms with Crippen molar-refractivity contribution in [2.75, 3.05) is 13.1 Å². The molecule has 1 fully saturated rings. The number of imidazole rings is 1. The molecular formula is C18H28N4O3S. The first kappa shape index (κ1) is 19.3. The van der Waals surface area contributed by atoms with Crippen LogP contribution in [0.4, 0.5) is 0 Å². The highest BCUT2D eigenvalue weighted by Crippen LogP contribution is 2.23. The summed E-state index contributed by atoms with van der Waals surface area (Å²) in [5.74, 6) is 0.960. The fourth-order valence-corrected chi connectivity index (χ4v) is 4.17. The van der Waals surface area contributed by atoms with E-state index < -0.39 is 10.0 Å². The van der Waals surface area contributed by atoms with Gasteiger partial charge in [0.1, 0.15) is 5.82 Å². The van der Waals surface area contributed by atoms with Crippen molar-refractivity contribution in [3.05, 3.63) is 24.0 Å². The quantitative estimate of drug-likeness (QED) is 0.829. The highest BCUT2D eigenvalue weighted by atomic mass is 32.2. The van der Waals surface area contributed by atoms with Crippen LogP contribution < -0.4 is 5.14 Å². The van der Waals surface area contributed by atoms with E-state index in [0.717, 1.165) is 50.4 Å². The topological polar surface area (TPSA) is 90.4 Å². The molecule has 2 N–H and O–H groups in total. The van der Waals surface area contributed by atoms with Crippen molar-refractivity contribution in [2.45, 2.75) is 63.8 Å². The molecular weight excluding hydrogens is 352 g/mol. The molecule has 8 heteroatoms. The minimum Gasteiger partial charge on any atom is -0.373 e. The predicted octanol–water partition coefficient (Wildman–Crippen LogP) is 2.09. The summed E-state index contributed by atoms with van der Waals surface area (Å²) in [5.41, 5.74) is 1.63. The van der Waals surface area contributed by atoms with E-state index >= 15 is 0 Å². The number of unbranched alkanes of at least 4 members (excludes halogenated alkanes) is 1. The largest absolute Gasteiger partial charge is 0.373 e. The van der Waals surface area contributed by atoms with Crippen molar-refractivity contribution in [1.29, 1.82) is 0 Å². The molecule has 2 aromatic rings. The van der Waals surface area contributed by atoms with E-state index in [1.54, 1.807) is 12.1 Å². The number of nitrogens with two attached hydrogens (primary N) is 1. The van der Waals surface area contributed by atoms with Gasteiger partial charge < -0.3 is 9.30 Å². The maximum Gasteiger partial charge on any atom is 0.238 e. The van der Waals surface area contributed by atoms with Crippen LogP contribution in [-0.2, 0) is 27.8 Å². The van der Waals surface area contributed by atoms with Crippen LogP contribution in [-0.4, -0.2) is 48.2 Å². The summed E-state index contributed by atoms with van der Waals surface area (Å²) in [6, 6.07) is 4.94. The highest BCUT2D eigenvalue weighted by molar-refractivity contribution is 7.89. The Morgan fingerprint density at radius 3 is 2.58 bits per heavy atom. The molecule has 0 aliphatic carbocycles. The van der Waals surface area contributed by atoms with Gasteiger partial charge in [0.05, 0.1) is 34.7 Å². The fraction of sp³-hybridized carbons (Fsp3) is 0.611. The average molecular weight is 381 g/mol. The minimum absolute atomic E-state index is 0.102. The number of morpholine rings is 1. The van der Waals surface area contributed by atoms with Gasteiger partial charge in [-0.3, -0.25) is 4.90 Å².